The van der Waals surface area contributed by atoms with Crippen LogP contribution < -0.4 is 24.4 Å². The van der Waals surface area contributed by atoms with Gasteiger partial charge in [-0.2, -0.15) is 0 Å². The van der Waals surface area contributed by atoms with Crippen LogP contribution in [0.5, 0.6) is 17.2 Å². The van der Waals surface area contributed by atoms with E-state index in [9.17, 15) is 4.79 Å². The second-order valence-electron chi connectivity index (χ2n) is 7.13. The number of benzene rings is 2. The van der Waals surface area contributed by atoms with Crippen molar-refractivity contribution >= 4 is 11.7 Å². The van der Waals surface area contributed by atoms with Gasteiger partial charge < -0.3 is 29.3 Å². The number of hydrogen-bond donors (Lipinski definition) is 1. The molecule has 0 aliphatic carbocycles. The lowest BCUT2D eigenvalue weighted by molar-refractivity contribution is 0.171. The third-order valence-corrected chi connectivity index (χ3v) is 5.31. The summed E-state index contributed by atoms with van der Waals surface area (Å²) in [6.07, 6.45) is 0.799. The van der Waals surface area contributed by atoms with Crippen LogP contribution in [0.4, 0.5) is 10.5 Å². The first-order chi connectivity index (χ1) is 14.2. The van der Waals surface area contributed by atoms with Crippen molar-refractivity contribution in [3.63, 3.8) is 0 Å². The van der Waals surface area contributed by atoms with Crippen LogP contribution in [0, 0.1) is 0 Å². The maximum atomic E-state index is 12.5. The van der Waals surface area contributed by atoms with Crippen molar-refractivity contribution in [2.45, 2.75) is 6.42 Å². The van der Waals surface area contributed by atoms with E-state index in [-0.39, 0.29) is 6.03 Å². The molecule has 0 saturated carbocycles. The third kappa shape index (κ3) is 4.67. The summed E-state index contributed by atoms with van der Waals surface area (Å²) in [6.45, 7) is 4.79. The van der Waals surface area contributed by atoms with Crippen LogP contribution in [-0.4, -0.2) is 64.0 Å². The zero-order chi connectivity index (χ0) is 20.1. The number of piperazine rings is 1. The number of anilines is 1. The molecule has 1 saturated heterocycles. The molecule has 0 radical (unpaired) electrons. The molecule has 2 heterocycles. The molecule has 2 aliphatic rings. The molecule has 2 amide bonds. The first-order valence-corrected chi connectivity index (χ1v) is 10.0. The molecule has 4 rings (SSSR count). The quantitative estimate of drug-likeness (QED) is 0.840. The van der Waals surface area contributed by atoms with Gasteiger partial charge in [0.15, 0.2) is 11.5 Å². The Bertz CT molecular complexity index is 832. The molecule has 29 heavy (non-hydrogen) atoms. The highest BCUT2D eigenvalue weighted by atomic mass is 16.6. The van der Waals surface area contributed by atoms with Gasteiger partial charge in [-0.3, -0.25) is 0 Å². The van der Waals surface area contributed by atoms with Crippen molar-refractivity contribution in [1.82, 2.24) is 10.2 Å². The lowest BCUT2D eigenvalue weighted by Crippen LogP contribution is -2.52. The molecular weight excluding hydrogens is 370 g/mol. The molecule has 1 fully saturated rings. The predicted octanol–water partition coefficient (Wildman–Crippen LogP) is 2.54. The zero-order valence-corrected chi connectivity index (χ0v) is 16.7. The first-order valence-electron chi connectivity index (χ1n) is 10.0. The fraction of sp³-hybridized carbons (Fsp3) is 0.409. The van der Waals surface area contributed by atoms with Crippen LogP contribution >= 0.6 is 0 Å². The Kier molecular flexibility index (Phi) is 5.93. The summed E-state index contributed by atoms with van der Waals surface area (Å²) in [5.41, 5.74) is 2.28. The fourth-order valence-corrected chi connectivity index (χ4v) is 3.61. The average molecular weight is 397 g/mol. The maximum Gasteiger partial charge on any atom is 0.317 e. The van der Waals surface area contributed by atoms with E-state index >= 15 is 0 Å². The van der Waals surface area contributed by atoms with Gasteiger partial charge >= 0.3 is 6.03 Å². The summed E-state index contributed by atoms with van der Waals surface area (Å²) in [6, 6.07) is 14.0. The van der Waals surface area contributed by atoms with Gasteiger partial charge in [-0.05, 0) is 36.2 Å². The van der Waals surface area contributed by atoms with Gasteiger partial charge in [0.2, 0.25) is 0 Å². The summed E-state index contributed by atoms with van der Waals surface area (Å²) in [7, 11) is 1.66. The summed E-state index contributed by atoms with van der Waals surface area (Å²) in [5, 5.41) is 3.03. The van der Waals surface area contributed by atoms with E-state index in [1.807, 2.05) is 41.3 Å². The van der Waals surface area contributed by atoms with Gasteiger partial charge in [-0.15, -0.1) is 0 Å². The molecule has 2 aromatic carbocycles. The number of amides is 2. The molecule has 0 unspecified atom stereocenters. The number of nitrogens with zero attached hydrogens (tertiary/aromatic N) is 2. The number of carbonyl (C=O) groups excluding carboxylic acids is 1. The maximum absolute atomic E-state index is 12.5. The number of fused-ring (bicyclic) bond motifs is 1. The Morgan fingerprint density at radius 3 is 2.45 bits per heavy atom. The number of rotatable bonds is 5. The SMILES string of the molecule is COc1ccc(CCNC(=O)N2CCN(c3ccc4c(c3)OCCO4)CC2)cc1. The Morgan fingerprint density at radius 2 is 1.72 bits per heavy atom. The van der Waals surface area contributed by atoms with Gasteiger partial charge in [0.1, 0.15) is 19.0 Å². The van der Waals surface area contributed by atoms with E-state index in [4.69, 9.17) is 14.2 Å². The topological polar surface area (TPSA) is 63.3 Å². The summed E-state index contributed by atoms with van der Waals surface area (Å²) >= 11 is 0. The number of ether oxygens (including phenoxy) is 3. The minimum atomic E-state index is 0.000311. The Balaban J connectivity index is 1.23. The molecule has 7 heteroatoms. The van der Waals surface area contributed by atoms with Crippen LogP contribution in [0.2, 0.25) is 0 Å². The van der Waals surface area contributed by atoms with Crippen molar-refractivity contribution in [1.29, 1.82) is 0 Å². The van der Waals surface area contributed by atoms with Crippen LogP contribution in [0.15, 0.2) is 42.5 Å². The smallest absolute Gasteiger partial charge is 0.317 e. The van der Waals surface area contributed by atoms with Gasteiger partial charge in [0, 0.05) is 44.5 Å². The number of hydrogen-bond acceptors (Lipinski definition) is 5. The van der Waals surface area contributed by atoms with Crippen LogP contribution in [0.1, 0.15) is 5.56 Å². The molecule has 154 valence electrons. The first kappa shape index (κ1) is 19.2. The van der Waals surface area contributed by atoms with Crippen LogP contribution in [0.25, 0.3) is 0 Å². The average Bonchev–Trinajstić information content (AvgIpc) is 2.79. The number of nitrogens with one attached hydrogen (secondary N) is 1. The highest BCUT2D eigenvalue weighted by Gasteiger charge is 2.22. The number of urea groups is 1. The van der Waals surface area contributed by atoms with E-state index < -0.39 is 0 Å². The molecule has 0 spiro atoms. The van der Waals surface area contributed by atoms with E-state index in [0.29, 0.717) is 32.8 Å². The molecule has 0 aromatic heterocycles. The second-order valence-corrected chi connectivity index (χ2v) is 7.13. The standard InChI is InChI=1S/C22H27N3O4/c1-27-19-5-2-17(3-6-19)8-9-23-22(26)25-12-10-24(11-13-25)18-4-7-20-21(16-18)29-15-14-28-20/h2-7,16H,8-15H2,1H3,(H,23,26). The van der Waals surface area contributed by atoms with Gasteiger partial charge in [0.25, 0.3) is 0 Å². The molecule has 0 bridgehead atoms. The Morgan fingerprint density at radius 1 is 1.00 bits per heavy atom. The minimum Gasteiger partial charge on any atom is -0.497 e. The lowest BCUT2D eigenvalue weighted by Gasteiger charge is -2.36. The van der Waals surface area contributed by atoms with E-state index in [1.54, 1.807) is 7.11 Å². The number of carbonyl (C=O) groups is 1. The second kappa shape index (κ2) is 8.94. The zero-order valence-electron chi connectivity index (χ0n) is 16.7. The molecule has 1 N–H and O–H groups in total. The van der Waals surface area contributed by atoms with E-state index in [2.05, 4.69) is 16.3 Å². The molecule has 2 aliphatic heterocycles. The molecule has 2 aromatic rings. The van der Waals surface area contributed by atoms with E-state index in [1.165, 1.54) is 5.56 Å². The molecular formula is C22H27N3O4. The Hall–Kier alpha value is -3.09. The van der Waals surface area contributed by atoms with Gasteiger partial charge in [-0.25, -0.2) is 4.79 Å². The monoisotopic (exact) mass is 397 g/mol. The highest BCUT2D eigenvalue weighted by Crippen LogP contribution is 2.34. The number of methoxy groups -OCH3 is 1. The van der Waals surface area contributed by atoms with Crippen molar-refractivity contribution in [3.8, 4) is 17.2 Å². The van der Waals surface area contributed by atoms with Gasteiger partial charge in [0.05, 0.1) is 7.11 Å². The predicted molar refractivity (Wildman–Crippen MR) is 111 cm³/mol. The van der Waals surface area contributed by atoms with Crippen molar-refractivity contribution < 1.29 is 19.0 Å². The Labute approximate surface area is 171 Å². The lowest BCUT2D eigenvalue weighted by atomic mass is 10.1. The van der Waals surface area contributed by atoms with Crippen molar-refractivity contribution in [2.75, 3.05) is 57.9 Å². The van der Waals surface area contributed by atoms with E-state index in [0.717, 1.165) is 42.4 Å². The molecule has 7 nitrogen and oxygen atoms in total. The minimum absolute atomic E-state index is 0.000311. The summed E-state index contributed by atoms with van der Waals surface area (Å²) < 4.78 is 16.4. The normalized spacial score (nSPS) is 15.8. The summed E-state index contributed by atoms with van der Waals surface area (Å²) in [4.78, 5) is 16.6. The van der Waals surface area contributed by atoms with Crippen LogP contribution in [-0.2, 0) is 6.42 Å². The summed E-state index contributed by atoms with van der Waals surface area (Å²) in [5.74, 6) is 2.44. The molecule has 0 atom stereocenters. The van der Waals surface area contributed by atoms with Crippen molar-refractivity contribution in [2.24, 2.45) is 0 Å². The third-order valence-electron chi connectivity index (χ3n) is 5.31. The van der Waals surface area contributed by atoms with Crippen molar-refractivity contribution in [3.05, 3.63) is 48.0 Å². The van der Waals surface area contributed by atoms with Gasteiger partial charge in [-0.1, -0.05) is 12.1 Å². The van der Waals surface area contributed by atoms with Crippen LogP contribution in [0.3, 0.4) is 0 Å². The largest absolute Gasteiger partial charge is 0.497 e. The fourth-order valence-electron chi connectivity index (χ4n) is 3.61. The highest BCUT2D eigenvalue weighted by molar-refractivity contribution is 5.74.